The molecule has 3 atom stereocenters. The third-order valence-electron chi connectivity index (χ3n) is 7.63. The molecule has 14 heteroatoms. The summed E-state index contributed by atoms with van der Waals surface area (Å²) < 4.78 is 16.1. The molecular formula is C29H35N7O7. The van der Waals surface area contributed by atoms with Crippen LogP contribution in [0.4, 0.5) is 0 Å². The number of aliphatic hydroxyl groups is 1. The van der Waals surface area contributed by atoms with Gasteiger partial charge in [0, 0.05) is 35.9 Å². The number of H-pyrrole nitrogens is 2. The SMILES string of the molecule is CCc1c(Cc2cc(C)cc(C)c2)n(COCc2cn([C@H]3CC(n4cc(C)c(=O)[nH]c4=O)OC3CO)nn2)c(=O)[nH]c1=O. The Morgan fingerprint density at radius 3 is 2.44 bits per heavy atom. The number of nitrogens with zero attached hydrogens (tertiary/aromatic N) is 5. The minimum absolute atomic E-state index is 0.0232. The molecule has 3 N–H and O–H groups in total. The van der Waals surface area contributed by atoms with Crippen molar-refractivity contribution in [1.82, 2.24) is 34.1 Å². The van der Waals surface area contributed by atoms with Gasteiger partial charge < -0.3 is 14.6 Å². The van der Waals surface area contributed by atoms with Crippen LogP contribution in [0.1, 0.15) is 64.8 Å². The van der Waals surface area contributed by atoms with E-state index in [1.807, 2.05) is 32.9 Å². The Labute approximate surface area is 245 Å². The quantitative estimate of drug-likeness (QED) is 0.239. The van der Waals surface area contributed by atoms with Crippen molar-refractivity contribution in [2.75, 3.05) is 6.61 Å². The molecule has 1 aromatic carbocycles. The Bertz CT molecular complexity index is 1850. The van der Waals surface area contributed by atoms with Crippen LogP contribution >= 0.6 is 0 Å². The van der Waals surface area contributed by atoms with Crippen molar-refractivity contribution < 1.29 is 14.6 Å². The van der Waals surface area contributed by atoms with Crippen molar-refractivity contribution in [3.63, 3.8) is 0 Å². The van der Waals surface area contributed by atoms with Gasteiger partial charge in [0.05, 0.1) is 25.5 Å². The lowest BCUT2D eigenvalue weighted by atomic mass is 10.0. The second-order valence-corrected chi connectivity index (χ2v) is 10.9. The first-order chi connectivity index (χ1) is 20.6. The molecule has 14 nitrogen and oxygen atoms in total. The van der Waals surface area contributed by atoms with Crippen LogP contribution in [0.15, 0.2) is 49.8 Å². The summed E-state index contributed by atoms with van der Waals surface area (Å²) in [5.74, 6) is 0. The van der Waals surface area contributed by atoms with Crippen LogP contribution in [0.5, 0.6) is 0 Å². The van der Waals surface area contributed by atoms with Gasteiger partial charge in [0.25, 0.3) is 11.1 Å². The Kier molecular flexibility index (Phi) is 8.71. The topological polar surface area (TPSA) is 179 Å². The van der Waals surface area contributed by atoms with Crippen LogP contribution in [0.2, 0.25) is 0 Å². The van der Waals surface area contributed by atoms with E-state index >= 15 is 0 Å². The van der Waals surface area contributed by atoms with Crippen molar-refractivity contribution in [3.05, 3.63) is 111 Å². The van der Waals surface area contributed by atoms with Crippen LogP contribution < -0.4 is 22.5 Å². The molecule has 1 aliphatic heterocycles. The fourth-order valence-electron chi connectivity index (χ4n) is 5.64. The molecule has 1 fully saturated rings. The van der Waals surface area contributed by atoms with E-state index in [9.17, 15) is 24.3 Å². The van der Waals surface area contributed by atoms with Gasteiger partial charge in [-0.15, -0.1) is 5.10 Å². The molecule has 5 rings (SSSR count). The predicted molar refractivity (Wildman–Crippen MR) is 155 cm³/mol. The first-order valence-corrected chi connectivity index (χ1v) is 14.1. The van der Waals surface area contributed by atoms with Crippen molar-refractivity contribution in [3.8, 4) is 0 Å². The van der Waals surface area contributed by atoms with Crippen LogP contribution in [0.25, 0.3) is 0 Å². The zero-order valence-electron chi connectivity index (χ0n) is 24.5. The monoisotopic (exact) mass is 593 g/mol. The Balaban J connectivity index is 1.32. The summed E-state index contributed by atoms with van der Waals surface area (Å²) in [7, 11) is 0. The normalized spacial score (nSPS) is 18.4. The van der Waals surface area contributed by atoms with Crippen molar-refractivity contribution in [2.24, 2.45) is 0 Å². The largest absolute Gasteiger partial charge is 0.394 e. The van der Waals surface area contributed by atoms with E-state index in [2.05, 4.69) is 26.3 Å². The van der Waals surface area contributed by atoms with E-state index in [1.165, 1.54) is 15.3 Å². The first-order valence-electron chi connectivity index (χ1n) is 14.1. The van der Waals surface area contributed by atoms with Gasteiger partial charge in [-0.2, -0.15) is 0 Å². The van der Waals surface area contributed by atoms with Crippen molar-refractivity contribution in [2.45, 2.75) is 78.7 Å². The van der Waals surface area contributed by atoms with E-state index in [0.717, 1.165) is 16.7 Å². The number of hydrogen-bond donors (Lipinski definition) is 3. The molecule has 43 heavy (non-hydrogen) atoms. The molecule has 0 radical (unpaired) electrons. The van der Waals surface area contributed by atoms with Crippen LogP contribution in [-0.4, -0.2) is 51.9 Å². The summed E-state index contributed by atoms with van der Waals surface area (Å²) >= 11 is 0. The van der Waals surface area contributed by atoms with E-state index in [4.69, 9.17) is 9.47 Å². The molecule has 1 saturated heterocycles. The van der Waals surface area contributed by atoms with Crippen molar-refractivity contribution in [1.29, 1.82) is 0 Å². The third-order valence-corrected chi connectivity index (χ3v) is 7.63. The molecule has 0 saturated carbocycles. The van der Waals surface area contributed by atoms with Gasteiger partial charge in [0.2, 0.25) is 0 Å². The Hall–Kier alpha value is -4.40. The molecule has 4 heterocycles. The number of aromatic nitrogens is 7. The molecular weight excluding hydrogens is 558 g/mol. The number of aryl methyl sites for hydroxylation is 3. The highest BCUT2D eigenvalue weighted by Gasteiger charge is 2.38. The Morgan fingerprint density at radius 1 is 1.02 bits per heavy atom. The summed E-state index contributed by atoms with van der Waals surface area (Å²) in [6.07, 6.45) is 2.85. The average molecular weight is 594 g/mol. The predicted octanol–water partition coefficient (Wildman–Crippen LogP) is 0.752. The van der Waals surface area contributed by atoms with E-state index in [0.29, 0.717) is 41.8 Å². The fourth-order valence-corrected chi connectivity index (χ4v) is 5.64. The molecule has 1 aliphatic rings. The lowest BCUT2D eigenvalue weighted by molar-refractivity contribution is -0.0323. The second kappa shape index (κ2) is 12.5. The smallest absolute Gasteiger partial charge is 0.330 e. The molecule has 2 unspecified atom stereocenters. The molecule has 0 spiro atoms. The highest BCUT2D eigenvalue weighted by molar-refractivity contribution is 5.33. The molecule has 0 aliphatic carbocycles. The van der Waals surface area contributed by atoms with Gasteiger partial charge in [-0.25, -0.2) is 14.3 Å². The number of aromatic amines is 2. The molecule has 3 aromatic heterocycles. The second-order valence-electron chi connectivity index (χ2n) is 10.9. The lowest BCUT2D eigenvalue weighted by Crippen LogP contribution is -2.36. The van der Waals surface area contributed by atoms with Gasteiger partial charge in [-0.1, -0.05) is 41.5 Å². The maximum absolute atomic E-state index is 12.9. The minimum Gasteiger partial charge on any atom is -0.394 e. The lowest BCUT2D eigenvalue weighted by Gasteiger charge is -2.16. The standard InChI is InChI=1S/C29H35N7O7/c1-5-21-22(9-19-7-16(2)6-17(3)8-19)35(29(41)31-27(21)39)15-42-14-20-12-36(33-32-20)23-10-25(43-24(23)13-37)34-11-18(4)26(38)30-28(34)40/h6-8,11-12,23-25,37H,5,9-10,13-15H2,1-4H3,(H,30,38,40)(H,31,39,41)/t23-,24?,25?/m0/s1. The Morgan fingerprint density at radius 2 is 1.74 bits per heavy atom. The van der Waals surface area contributed by atoms with Crippen LogP contribution in [0, 0.1) is 20.8 Å². The summed E-state index contributed by atoms with van der Waals surface area (Å²) in [5.41, 5.74) is 3.09. The van der Waals surface area contributed by atoms with Crippen LogP contribution in [-0.2, 0) is 35.7 Å². The fraction of sp³-hybridized carbons (Fsp3) is 0.448. The van der Waals surface area contributed by atoms with Gasteiger partial charge in [0.15, 0.2) is 0 Å². The van der Waals surface area contributed by atoms with E-state index in [1.54, 1.807) is 17.8 Å². The van der Waals surface area contributed by atoms with E-state index in [-0.39, 0.29) is 19.9 Å². The van der Waals surface area contributed by atoms with Crippen molar-refractivity contribution >= 4 is 0 Å². The number of rotatable bonds is 10. The molecule has 4 aromatic rings. The average Bonchev–Trinajstić information content (AvgIpc) is 3.59. The highest BCUT2D eigenvalue weighted by atomic mass is 16.5. The summed E-state index contributed by atoms with van der Waals surface area (Å²) in [6, 6.07) is 5.70. The summed E-state index contributed by atoms with van der Waals surface area (Å²) in [4.78, 5) is 54.3. The number of hydrogen-bond acceptors (Lipinski definition) is 9. The third kappa shape index (κ3) is 6.35. The summed E-state index contributed by atoms with van der Waals surface area (Å²) in [6.45, 7) is 7.06. The van der Waals surface area contributed by atoms with Gasteiger partial charge in [-0.3, -0.25) is 28.7 Å². The maximum Gasteiger partial charge on any atom is 0.330 e. The number of nitrogens with one attached hydrogen (secondary N) is 2. The molecule has 0 bridgehead atoms. The summed E-state index contributed by atoms with van der Waals surface area (Å²) in [5, 5.41) is 18.3. The zero-order chi connectivity index (χ0) is 30.8. The number of ether oxygens (including phenoxy) is 2. The number of aliphatic hydroxyl groups excluding tert-OH is 1. The first kappa shape index (κ1) is 30.1. The van der Waals surface area contributed by atoms with Crippen LogP contribution in [0.3, 0.4) is 0 Å². The number of benzene rings is 1. The van der Waals surface area contributed by atoms with Gasteiger partial charge in [-0.05, 0) is 32.8 Å². The highest BCUT2D eigenvalue weighted by Crippen LogP contribution is 2.35. The minimum atomic E-state index is -0.718. The molecule has 228 valence electrons. The van der Waals surface area contributed by atoms with E-state index < -0.39 is 40.9 Å². The van der Waals surface area contributed by atoms with Gasteiger partial charge in [0.1, 0.15) is 24.8 Å². The zero-order valence-corrected chi connectivity index (χ0v) is 24.5. The molecule has 0 amide bonds. The van der Waals surface area contributed by atoms with Gasteiger partial charge >= 0.3 is 11.4 Å². The maximum atomic E-state index is 12.9.